The highest BCUT2D eigenvalue weighted by molar-refractivity contribution is 6.30. The molecule has 9 atom stereocenters. The fourth-order valence-electron chi connectivity index (χ4n) is 13.4. The quantitative estimate of drug-likeness (QED) is 0.135. The minimum Gasteiger partial charge on any atom is -0.481 e. The summed E-state index contributed by atoms with van der Waals surface area (Å²) in [5.74, 6) is -0.510. The molecule has 0 aromatic heterocycles. The predicted molar refractivity (Wildman–Crippen MR) is 250 cm³/mol. The van der Waals surface area contributed by atoms with Gasteiger partial charge in [0.1, 0.15) is 6.10 Å². The third-order valence-electron chi connectivity index (χ3n) is 17.0. The van der Waals surface area contributed by atoms with Crippen LogP contribution in [0.15, 0.2) is 35.4 Å². The molecule has 3 N–H and O–H groups in total. The second-order valence-corrected chi connectivity index (χ2v) is 23.3. The van der Waals surface area contributed by atoms with E-state index in [0.717, 1.165) is 63.3 Å². The molecule has 9 unspecified atom stereocenters. The Labute approximate surface area is 388 Å². The highest BCUT2D eigenvalue weighted by Gasteiger charge is 2.65. The molecule has 4 fully saturated rings. The molecule has 0 amide bonds. The van der Waals surface area contributed by atoms with E-state index in [-0.39, 0.29) is 53.0 Å². The lowest BCUT2D eigenvalue weighted by atomic mass is 9.38. The Kier molecular flexibility index (Phi) is 16.1. The third kappa shape index (κ3) is 10.9. The van der Waals surface area contributed by atoms with Crippen LogP contribution in [-0.2, 0) is 35.3 Å². The lowest BCUT2D eigenvalue weighted by Gasteiger charge is -2.67. The molecule has 12 heteroatoms. The number of ketones is 1. The summed E-state index contributed by atoms with van der Waals surface area (Å²) in [7, 11) is 4.28. The van der Waals surface area contributed by atoms with Crippen molar-refractivity contribution in [2.45, 2.75) is 152 Å². The number of hydrogen-bond donors (Lipinski definition) is 3. The molecule has 4 saturated carbocycles. The Balaban J connectivity index is 0.000000688. The van der Waals surface area contributed by atoms with E-state index in [1.54, 1.807) is 19.4 Å². The monoisotopic (exact) mass is 911 g/mol. The van der Waals surface area contributed by atoms with Crippen molar-refractivity contribution in [3.05, 3.63) is 46.0 Å². The number of carboxylic acids is 3. The van der Waals surface area contributed by atoms with E-state index in [1.165, 1.54) is 50.7 Å². The van der Waals surface area contributed by atoms with Crippen LogP contribution in [0.5, 0.6) is 0 Å². The van der Waals surface area contributed by atoms with Gasteiger partial charge >= 0.3 is 23.9 Å². The molecule has 0 bridgehead atoms. The standard InChI is InChI=1S/C46H69ClN2O5.C6H10O4/c1-29(2)40-36(50)26-46(22-23-49(25-24-48(8)9)28-31-10-12-32(47)13-11-31)21-17-35-33(41(40)46)14-15-38-44(6)20-18-37(30(3)34(44)16-19-45(35,38)7)54-39(51)27-43(4,5)42(52)53;1-6(2,5(9)10)3-4(7)8/h10-13,29-30,33-35,37-38H,14-28H2,1-9H3,(H,52,53);3H2,1-2H3,(H,7,8)(H,9,10). The van der Waals surface area contributed by atoms with Crippen LogP contribution in [-0.4, -0.2) is 94.6 Å². The average molecular weight is 912 g/mol. The summed E-state index contributed by atoms with van der Waals surface area (Å²) in [6.07, 6.45) is 9.98. The van der Waals surface area contributed by atoms with Gasteiger partial charge < -0.3 is 25.0 Å². The maximum Gasteiger partial charge on any atom is 0.309 e. The smallest absolute Gasteiger partial charge is 0.309 e. The van der Waals surface area contributed by atoms with Gasteiger partial charge in [0.2, 0.25) is 0 Å². The van der Waals surface area contributed by atoms with E-state index in [2.05, 4.69) is 70.6 Å². The zero-order chi connectivity index (χ0) is 47.7. The van der Waals surface area contributed by atoms with Gasteiger partial charge in [0, 0.05) is 36.5 Å². The summed E-state index contributed by atoms with van der Waals surface area (Å²) in [4.78, 5) is 64.0. The largest absolute Gasteiger partial charge is 0.481 e. The number of nitrogens with zero attached hydrogens (tertiary/aromatic N) is 2. The number of aliphatic carboxylic acids is 3. The van der Waals surface area contributed by atoms with Crippen LogP contribution < -0.4 is 0 Å². The fraction of sp³-hybridized carbons (Fsp3) is 0.750. The van der Waals surface area contributed by atoms with E-state index in [0.29, 0.717) is 35.9 Å². The zero-order valence-electron chi connectivity index (χ0n) is 40.7. The van der Waals surface area contributed by atoms with Crippen LogP contribution in [0.2, 0.25) is 5.02 Å². The van der Waals surface area contributed by atoms with E-state index < -0.39 is 28.7 Å². The summed E-state index contributed by atoms with van der Waals surface area (Å²) < 4.78 is 6.09. The van der Waals surface area contributed by atoms with Gasteiger partial charge in [-0.2, -0.15) is 0 Å². The molecule has 358 valence electrons. The number of benzene rings is 1. The number of halogens is 1. The van der Waals surface area contributed by atoms with Crippen LogP contribution in [0.1, 0.15) is 145 Å². The summed E-state index contributed by atoms with van der Waals surface area (Å²) >= 11 is 6.24. The maximum absolute atomic E-state index is 14.1. The zero-order valence-corrected chi connectivity index (χ0v) is 41.5. The molecule has 1 aromatic rings. The highest BCUT2D eigenvalue weighted by Crippen LogP contribution is 2.72. The molecule has 1 aromatic carbocycles. The molecule has 11 nitrogen and oxygen atoms in total. The topological polar surface area (TPSA) is 162 Å². The van der Waals surface area contributed by atoms with Crippen molar-refractivity contribution in [1.29, 1.82) is 0 Å². The first kappa shape index (κ1) is 51.7. The van der Waals surface area contributed by atoms with Gasteiger partial charge in [-0.1, -0.05) is 63.9 Å². The molecule has 64 heavy (non-hydrogen) atoms. The van der Waals surface area contributed by atoms with Crippen LogP contribution in [0.3, 0.4) is 0 Å². The van der Waals surface area contributed by atoms with Crippen LogP contribution in [0.25, 0.3) is 0 Å². The molecule has 0 heterocycles. The predicted octanol–water partition coefficient (Wildman–Crippen LogP) is 10.3. The number of carbonyl (C=O) groups excluding carboxylic acids is 2. The summed E-state index contributed by atoms with van der Waals surface area (Å²) in [5.41, 5.74) is 2.07. The van der Waals surface area contributed by atoms with Crippen molar-refractivity contribution in [3.8, 4) is 0 Å². The normalized spacial score (nSPS) is 31.4. The van der Waals surface area contributed by atoms with Crippen molar-refractivity contribution >= 4 is 41.3 Å². The summed E-state index contributed by atoms with van der Waals surface area (Å²) in [5, 5.41) is 27.0. The Bertz CT molecular complexity index is 1920. The Morgan fingerprint density at radius 2 is 1.39 bits per heavy atom. The molecule has 0 radical (unpaired) electrons. The second-order valence-electron chi connectivity index (χ2n) is 22.9. The Hall–Kier alpha value is -3.28. The Morgan fingerprint density at radius 1 is 0.812 bits per heavy atom. The lowest BCUT2D eigenvalue weighted by Crippen LogP contribution is -2.60. The first-order valence-electron chi connectivity index (χ1n) is 23.9. The van der Waals surface area contributed by atoms with Gasteiger partial charge in [-0.15, -0.1) is 0 Å². The van der Waals surface area contributed by atoms with Gasteiger partial charge in [-0.25, -0.2) is 0 Å². The van der Waals surface area contributed by atoms with Crippen molar-refractivity contribution in [2.24, 2.45) is 62.6 Å². The van der Waals surface area contributed by atoms with E-state index >= 15 is 0 Å². The number of fused-ring (bicyclic) bond motifs is 7. The number of esters is 1. The van der Waals surface area contributed by atoms with Crippen molar-refractivity contribution in [3.63, 3.8) is 0 Å². The number of carboxylic acid groups (broad SMARTS) is 3. The van der Waals surface area contributed by atoms with Crippen LogP contribution in [0.4, 0.5) is 0 Å². The number of Topliss-reactive ketones (excluding diaryl/α,β-unsaturated/α-hetero) is 1. The van der Waals surface area contributed by atoms with Gasteiger partial charge in [-0.05, 0) is 176 Å². The number of carbonyl (C=O) groups is 5. The van der Waals surface area contributed by atoms with Gasteiger partial charge in [-0.3, -0.25) is 28.9 Å². The number of rotatable bonds is 16. The molecule has 5 aliphatic rings. The van der Waals surface area contributed by atoms with Gasteiger partial charge in [0.15, 0.2) is 5.78 Å². The fourth-order valence-corrected chi connectivity index (χ4v) is 13.6. The second kappa shape index (κ2) is 19.9. The minimum absolute atomic E-state index is 0.0375. The van der Waals surface area contributed by atoms with E-state index in [4.69, 9.17) is 26.6 Å². The molecule has 0 spiro atoms. The number of hydrogen-bond acceptors (Lipinski definition) is 8. The summed E-state index contributed by atoms with van der Waals surface area (Å²) in [6, 6.07) is 8.27. The molecule has 0 saturated heterocycles. The van der Waals surface area contributed by atoms with Crippen LogP contribution >= 0.6 is 11.6 Å². The maximum atomic E-state index is 14.1. The highest BCUT2D eigenvalue weighted by atomic mass is 35.5. The summed E-state index contributed by atoms with van der Waals surface area (Å²) in [6.45, 7) is 21.7. The van der Waals surface area contributed by atoms with Gasteiger partial charge in [0.25, 0.3) is 0 Å². The molecular weight excluding hydrogens is 832 g/mol. The number of ether oxygens (including phenoxy) is 1. The number of likely N-dealkylation sites (N-methyl/N-ethyl adjacent to an activating group) is 1. The minimum atomic E-state index is -1.16. The third-order valence-corrected chi connectivity index (χ3v) is 17.2. The van der Waals surface area contributed by atoms with E-state index in [9.17, 15) is 29.1 Å². The molecule has 5 aliphatic carbocycles. The lowest BCUT2D eigenvalue weighted by molar-refractivity contribution is -0.192. The van der Waals surface area contributed by atoms with E-state index in [1.807, 2.05) is 12.1 Å². The molecular formula is C52H79ClN2O9. The SMILES string of the molecule is CC(C)(CC(=O)O)C(=O)O.CC(C)C1=C2C3CCC4C(C)(CCC5C(C)C(OC(=O)CC(C)(C)C(=O)O)CCC54C)C3CCC2(CCN(CCN(C)C)Cc2ccc(Cl)cc2)CC1=O. The average Bonchev–Trinajstić information content (AvgIpc) is 3.49. The van der Waals surface area contributed by atoms with Crippen LogP contribution in [0, 0.1) is 62.6 Å². The Morgan fingerprint density at radius 3 is 1.95 bits per heavy atom. The van der Waals surface area contributed by atoms with Crippen molar-refractivity contribution < 1.29 is 44.0 Å². The molecule has 0 aliphatic heterocycles. The first-order chi connectivity index (χ1) is 29.7. The number of allylic oxidation sites excluding steroid dienone is 2. The van der Waals surface area contributed by atoms with Crippen molar-refractivity contribution in [2.75, 3.05) is 33.7 Å². The molecule has 6 rings (SSSR count). The van der Waals surface area contributed by atoms with Crippen molar-refractivity contribution in [1.82, 2.24) is 9.80 Å². The van der Waals surface area contributed by atoms with Gasteiger partial charge in [0.05, 0.1) is 23.7 Å². The first-order valence-corrected chi connectivity index (χ1v) is 24.3.